The molecule has 3 rings (SSSR count). The molecule has 0 saturated heterocycles. The summed E-state index contributed by atoms with van der Waals surface area (Å²) in [6.45, 7) is 1.06. The van der Waals surface area contributed by atoms with Crippen molar-refractivity contribution in [3.63, 3.8) is 0 Å². The fourth-order valence-corrected chi connectivity index (χ4v) is 4.57. The van der Waals surface area contributed by atoms with Gasteiger partial charge in [-0.15, -0.1) is 11.3 Å². The molecule has 0 aromatic carbocycles. The van der Waals surface area contributed by atoms with Gasteiger partial charge < -0.3 is 5.32 Å². The highest BCUT2D eigenvalue weighted by Crippen LogP contribution is 2.44. The molecule has 2 saturated carbocycles. The van der Waals surface area contributed by atoms with E-state index in [9.17, 15) is 0 Å². The van der Waals surface area contributed by atoms with E-state index in [4.69, 9.17) is 0 Å². The first kappa shape index (κ1) is 10.3. The molecule has 1 heterocycles. The average Bonchev–Trinajstić information content (AvgIpc) is 2.90. The molecule has 1 aromatic heterocycles. The maximum Gasteiger partial charge on any atom is 0.0302 e. The van der Waals surface area contributed by atoms with E-state index in [2.05, 4.69) is 32.7 Å². The summed E-state index contributed by atoms with van der Waals surface area (Å²) in [4.78, 5) is 1.45. The Kier molecular flexibility index (Phi) is 2.88. The van der Waals surface area contributed by atoms with Crippen LogP contribution in [0, 0.1) is 11.8 Å². The van der Waals surface area contributed by atoms with Gasteiger partial charge in [-0.25, -0.2) is 0 Å². The molecule has 1 nitrogen and oxygen atoms in total. The lowest BCUT2D eigenvalue weighted by Gasteiger charge is -2.22. The minimum Gasteiger partial charge on any atom is -0.309 e. The maximum atomic E-state index is 3.73. The molecule has 0 spiro atoms. The second kappa shape index (κ2) is 4.19. The summed E-state index contributed by atoms with van der Waals surface area (Å²) < 4.78 is 1.22. The first-order chi connectivity index (χ1) is 7.31. The number of fused-ring (bicyclic) bond motifs is 2. The van der Waals surface area contributed by atoms with Crippen LogP contribution in [0.15, 0.2) is 15.9 Å². The zero-order chi connectivity index (χ0) is 10.3. The van der Waals surface area contributed by atoms with Crippen LogP contribution in [0.25, 0.3) is 0 Å². The Hall–Kier alpha value is 0.140. The Morgan fingerprint density at radius 2 is 2.33 bits per heavy atom. The van der Waals surface area contributed by atoms with Crippen molar-refractivity contribution in [2.75, 3.05) is 0 Å². The predicted octanol–water partition coefficient (Wildman–Crippen LogP) is 3.79. The van der Waals surface area contributed by atoms with Crippen molar-refractivity contribution in [1.82, 2.24) is 5.32 Å². The van der Waals surface area contributed by atoms with Crippen LogP contribution >= 0.6 is 27.3 Å². The quantitative estimate of drug-likeness (QED) is 0.891. The molecule has 15 heavy (non-hydrogen) atoms. The monoisotopic (exact) mass is 285 g/mol. The van der Waals surface area contributed by atoms with E-state index in [0.717, 1.165) is 24.4 Å². The van der Waals surface area contributed by atoms with Crippen LogP contribution < -0.4 is 5.32 Å². The van der Waals surface area contributed by atoms with Gasteiger partial charge in [-0.2, -0.15) is 0 Å². The van der Waals surface area contributed by atoms with Crippen molar-refractivity contribution < 1.29 is 0 Å². The Morgan fingerprint density at radius 3 is 2.93 bits per heavy atom. The zero-order valence-electron chi connectivity index (χ0n) is 8.71. The van der Waals surface area contributed by atoms with Gasteiger partial charge in [-0.3, -0.25) is 0 Å². The van der Waals surface area contributed by atoms with Crippen molar-refractivity contribution in [1.29, 1.82) is 0 Å². The van der Waals surface area contributed by atoms with Crippen LogP contribution in [0.4, 0.5) is 0 Å². The minimum absolute atomic E-state index is 0.810. The SMILES string of the molecule is Brc1csc(CNC2CC3CCC2C3)c1. The third-order valence-corrected chi connectivity index (χ3v) is 5.60. The van der Waals surface area contributed by atoms with Gasteiger partial charge in [0.2, 0.25) is 0 Å². The lowest BCUT2D eigenvalue weighted by molar-refractivity contribution is 0.351. The van der Waals surface area contributed by atoms with Crippen LogP contribution in [0.5, 0.6) is 0 Å². The molecule has 1 aromatic rings. The number of rotatable bonds is 3. The van der Waals surface area contributed by atoms with Gasteiger partial charge in [-0.05, 0) is 53.1 Å². The van der Waals surface area contributed by atoms with Crippen molar-refractivity contribution in [3.05, 3.63) is 20.8 Å². The smallest absolute Gasteiger partial charge is 0.0302 e. The molecule has 2 bridgehead atoms. The molecular weight excluding hydrogens is 270 g/mol. The van der Waals surface area contributed by atoms with E-state index in [-0.39, 0.29) is 0 Å². The number of hydrogen-bond donors (Lipinski definition) is 1. The summed E-state index contributed by atoms with van der Waals surface area (Å²) >= 11 is 5.34. The van der Waals surface area contributed by atoms with E-state index < -0.39 is 0 Å². The Morgan fingerprint density at radius 1 is 1.40 bits per heavy atom. The Bertz CT molecular complexity index is 349. The molecule has 0 radical (unpaired) electrons. The van der Waals surface area contributed by atoms with Crippen molar-refractivity contribution in [2.45, 2.75) is 38.3 Å². The molecule has 2 aliphatic rings. The summed E-state index contributed by atoms with van der Waals surface area (Å²) in [6.07, 6.45) is 5.88. The molecule has 0 amide bonds. The highest BCUT2D eigenvalue weighted by Gasteiger charge is 2.38. The van der Waals surface area contributed by atoms with Crippen LogP contribution in [-0.2, 0) is 6.54 Å². The van der Waals surface area contributed by atoms with Crippen LogP contribution in [0.3, 0.4) is 0 Å². The summed E-state index contributed by atoms with van der Waals surface area (Å²) in [5.74, 6) is 2.03. The van der Waals surface area contributed by atoms with Gasteiger partial charge in [0, 0.05) is 27.3 Å². The predicted molar refractivity (Wildman–Crippen MR) is 68.1 cm³/mol. The van der Waals surface area contributed by atoms with Gasteiger partial charge in [0.1, 0.15) is 0 Å². The lowest BCUT2D eigenvalue weighted by atomic mass is 9.95. The highest BCUT2D eigenvalue weighted by atomic mass is 79.9. The number of hydrogen-bond acceptors (Lipinski definition) is 2. The largest absolute Gasteiger partial charge is 0.309 e. The first-order valence-corrected chi connectivity index (χ1v) is 7.45. The summed E-state index contributed by atoms with van der Waals surface area (Å²) in [5.41, 5.74) is 0. The Labute approximate surface area is 103 Å². The van der Waals surface area contributed by atoms with Gasteiger partial charge >= 0.3 is 0 Å². The molecule has 3 unspecified atom stereocenters. The van der Waals surface area contributed by atoms with Gasteiger partial charge in [0.15, 0.2) is 0 Å². The van der Waals surface area contributed by atoms with E-state index in [1.807, 2.05) is 11.3 Å². The van der Waals surface area contributed by atoms with Crippen molar-refractivity contribution in [2.24, 2.45) is 11.8 Å². The van der Waals surface area contributed by atoms with E-state index >= 15 is 0 Å². The maximum absolute atomic E-state index is 3.73. The van der Waals surface area contributed by atoms with Gasteiger partial charge in [-0.1, -0.05) is 6.42 Å². The number of thiophene rings is 1. The van der Waals surface area contributed by atoms with Crippen LogP contribution in [0.2, 0.25) is 0 Å². The third-order valence-electron chi connectivity index (χ3n) is 3.90. The standard InChI is InChI=1S/C12H16BrNS/c13-10-5-11(15-7-10)6-14-12-4-8-1-2-9(12)3-8/h5,7-9,12,14H,1-4,6H2. The topological polar surface area (TPSA) is 12.0 Å². The molecule has 2 fully saturated rings. The third kappa shape index (κ3) is 2.15. The van der Waals surface area contributed by atoms with Crippen molar-refractivity contribution >= 4 is 27.3 Å². The minimum atomic E-state index is 0.810. The average molecular weight is 286 g/mol. The van der Waals surface area contributed by atoms with E-state index in [0.29, 0.717) is 0 Å². The van der Waals surface area contributed by atoms with Gasteiger partial charge in [0.25, 0.3) is 0 Å². The molecule has 82 valence electrons. The molecule has 1 N–H and O–H groups in total. The van der Waals surface area contributed by atoms with Crippen molar-refractivity contribution in [3.8, 4) is 0 Å². The van der Waals surface area contributed by atoms with Gasteiger partial charge in [0.05, 0.1) is 0 Å². The van der Waals surface area contributed by atoms with E-state index in [1.165, 1.54) is 35.0 Å². The fraction of sp³-hybridized carbons (Fsp3) is 0.667. The lowest BCUT2D eigenvalue weighted by Crippen LogP contribution is -2.33. The normalized spacial score (nSPS) is 33.8. The van der Waals surface area contributed by atoms with Crippen LogP contribution in [-0.4, -0.2) is 6.04 Å². The second-order valence-corrected chi connectivity index (χ2v) is 6.80. The molecule has 2 aliphatic carbocycles. The molecule has 3 heteroatoms. The zero-order valence-corrected chi connectivity index (χ0v) is 11.1. The number of nitrogens with one attached hydrogen (secondary N) is 1. The summed E-state index contributed by atoms with van der Waals surface area (Å²) in [6, 6.07) is 3.04. The Balaban J connectivity index is 1.54. The molecule has 0 aliphatic heterocycles. The molecule has 3 atom stereocenters. The second-order valence-electron chi connectivity index (χ2n) is 4.89. The summed E-state index contributed by atoms with van der Waals surface area (Å²) in [5, 5.41) is 5.90. The highest BCUT2D eigenvalue weighted by molar-refractivity contribution is 9.10. The summed E-state index contributed by atoms with van der Waals surface area (Å²) in [7, 11) is 0. The van der Waals surface area contributed by atoms with E-state index in [1.54, 1.807) is 0 Å². The number of halogens is 1. The molecular formula is C12H16BrNS. The van der Waals surface area contributed by atoms with Crippen LogP contribution in [0.1, 0.15) is 30.6 Å². The first-order valence-electron chi connectivity index (χ1n) is 5.77. The fourth-order valence-electron chi connectivity index (χ4n) is 3.17.